The number of nitrogens with one attached hydrogen (secondary N) is 1. The Morgan fingerprint density at radius 3 is 2.50 bits per heavy atom. The van der Waals surface area contributed by atoms with E-state index in [9.17, 15) is 9.59 Å². The molecule has 2 amide bonds. The summed E-state index contributed by atoms with van der Waals surface area (Å²) in [6.07, 6.45) is 4.94. The van der Waals surface area contributed by atoms with Gasteiger partial charge in [-0.15, -0.1) is 0 Å². The van der Waals surface area contributed by atoms with Crippen LogP contribution in [0.4, 0.5) is 4.79 Å². The van der Waals surface area contributed by atoms with Crippen molar-refractivity contribution in [3.05, 3.63) is 34.9 Å². The third kappa shape index (κ3) is 3.51. The van der Waals surface area contributed by atoms with E-state index < -0.39 is 11.9 Å². The molecular weight excluding hydrogens is 328 g/mol. The van der Waals surface area contributed by atoms with Gasteiger partial charge >= 0.3 is 12.0 Å². The normalized spacial score (nSPS) is 22.5. The van der Waals surface area contributed by atoms with Gasteiger partial charge in [-0.3, -0.25) is 4.79 Å². The van der Waals surface area contributed by atoms with Crippen molar-refractivity contribution in [3.63, 3.8) is 0 Å². The second kappa shape index (κ2) is 7.01. The molecule has 2 N–H and O–H groups in total. The Labute approximate surface area is 147 Å². The SMILES string of the molecule is O=C(O)C1CCN(C(=O)NCC2(c3ccc(Cl)cc3)CCCC2)C1. The van der Waals surface area contributed by atoms with Crippen LogP contribution in [0.15, 0.2) is 24.3 Å². The van der Waals surface area contributed by atoms with Gasteiger partial charge in [-0.2, -0.15) is 0 Å². The highest BCUT2D eigenvalue weighted by molar-refractivity contribution is 6.30. The molecule has 3 rings (SSSR count). The van der Waals surface area contributed by atoms with Gasteiger partial charge in [0.2, 0.25) is 0 Å². The Morgan fingerprint density at radius 2 is 1.92 bits per heavy atom. The lowest BCUT2D eigenvalue weighted by molar-refractivity contribution is -0.141. The van der Waals surface area contributed by atoms with Gasteiger partial charge < -0.3 is 15.3 Å². The monoisotopic (exact) mass is 350 g/mol. The van der Waals surface area contributed by atoms with Crippen LogP contribution >= 0.6 is 11.6 Å². The molecule has 1 aromatic carbocycles. The predicted octanol–water partition coefficient (Wildman–Crippen LogP) is 3.27. The van der Waals surface area contributed by atoms with Crippen LogP contribution in [-0.4, -0.2) is 41.6 Å². The van der Waals surface area contributed by atoms with Gasteiger partial charge in [-0.1, -0.05) is 36.6 Å². The minimum atomic E-state index is -0.821. The van der Waals surface area contributed by atoms with Crippen LogP contribution < -0.4 is 5.32 Å². The van der Waals surface area contributed by atoms with E-state index in [4.69, 9.17) is 16.7 Å². The molecule has 1 saturated heterocycles. The molecule has 1 unspecified atom stereocenters. The molecule has 1 aromatic rings. The van der Waals surface area contributed by atoms with Crippen LogP contribution in [0.2, 0.25) is 5.02 Å². The first-order valence-electron chi connectivity index (χ1n) is 8.52. The summed E-state index contributed by atoms with van der Waals surface area (Å²) in [5, 5.41) is 12.8. The number of hydrogen-bond donors (Lipinski definition) is 2. The Hall–Kier alpha value is -1.75. The van der Waals surface area contributed by atoms with Crippen molar-refractivity contribution in [2.24, 2.45) is 5.92 Å². The number of rotatable bonds is 4. The number of carboxylic acids is 1. The highest BCUT2D eigenvalue weighted by atomic mass is 35.5. The summed E-state index contributed by atoms with van der Waals surface area (Å²) in [6, 6.07) is 7.75. The second-order valence-corrected chi connectivity index (χ2v) is 7.36. The number of halogens is 1. The van der Waals surface area contributed by atoms with Gasteiger partial charge in [0.15, 0.2) is 0 Å². The third-order valence-corrected chi connectivity index (χ3v) is 5.67. The predicted molar refractivity (Wildman–Crippen MR) is 92.3 cm³/mol. The summed E-state index contributed by atoms with van der Waals surface area (Å²) in [5.74, 6) is -1.26. The molecule has 2 fully saturated rings. The first kappa shape index (κ1) is 17.1. The lowest BCUT2D eigenvalue weighted by Gasteiger charge is -2.31. The van der Waals surface area contributed by atoms with Crippen molar-refractivity contribution < 1.29 is 14.7 Å². The Bertz CT molecular complexity index is 611. The fourth-order valence-electron chi connectivity index (χ4n) is 3.93. The van der Waals surface area contributed by atoms with E-state index in [2.05, 4.69) is 17.4 Å². The Kier molecular flexibility index (Phi) is 4.99. The number of nitrogens with zero attached hydrogens (tertiary/aromatic N) is 1. The van der Waals surface area contributed by atoms with Crippen molar-refractivity contribution in [1.29, 1.82) is 0 Å². The second-order valence-electron chi connectivity index (χ2n) is 6.92. The van der Waals surface area contributed by atoms with Gasteiger partial charge in [-0.05, 0) is 37.0 Å². The highest BCUT2D eigenvalue weighted by Crippen LogP contribution is 2.41. The molecule has 1 aliphatic heterocycles. The summed E-state index contributed by atoms with van der Waals surface area (Å²) >= 11 is 5.99. The molecule has 0 radical (unpaired) electrons. The largest absolute Gasteiger partial charge is 0.481 e. The van der Waals surface area contributed by atoms with Crippen LogP contribution in [0.3, 0.4) is 0 Å². The molecule has 130 valence electrons. The van der Waals surface area contributed by atoms with Crippen molar-refractivity contribution >= 4 is 23.6 Å². The number of hydrogen-bond acceptors (Lipinski definition) is 2. The summed E-state index contributed by atoms with van der Waals surface area (Å²) in [5.41, 5.74) is 1.18. The maximum atomic E-state index is 12.4. The molecule has 0 spiro atoms. The lowest BCUT2D eigenvalue weighted by Crippen LogP contribution is -2.45. The molecule has 0 aromatic heterocycles. The van der Waals surface area contributed by atoms with Gasteiger partial charge in [0.25, 0.3) is 0 Å². The fourth-order valence-corrected chi connectivity index (χ4v) is 4.05. The molecule has 1 saturated carbocycles. The molecule has 2 aliphatic rings. The standard InChI is InChI=1S/C18H23ClN2O3/c19-15-5-3-14(4-6-15)18(8-1-2-9-18)12-20-17(24)21-10-7-13(11-21)16(22)23/h3-6,13H,1-2,7-12H2,(H,20,24)(H,22,23). The van der Waals surface area contributed by atoms with E-state index in [-0.39, 0.29) is 11.4 Å². The van der Waals surface area contributed by atoms with Crippen molar-refractivity contribution in [2.45, 2.75) is 37.5 Å². The first-order chi connectivity index (χ1) is 11.5. The van der Waals surface area contributed by atoms with Crippen LogP contribution in [-0.2, 0) is 10.2 Å². The molecule has 5 nitrogen and oxygen atoms in total. The summed E-state index contributed by atoms with van der Waals surface area (Å²) < 4.78 is 0. The first-order valence-corrected chi connectivity index (χ1v) is 8.90. The van der Waals surface area contributed by atoms with Crippen LogP contribution in [0.25, 0.3) is 0 Å². The highest BCUT2D eigenvalue weighted by Gasteiger charge is 2.37. The maximum Gasteiger partial charge on any atom is 0.317 e. The number of likely N-dealkylation sites (tertiary alicyclic amines) is 1. The maximum absolute atomic E-state index is 12.4. The summed E-state index contributed by atoms with van der Waals surface area (Å²) in [6.45, 7) is 1.40. The summed E-state index contributed by atoms with van der Waals surface area (Å²) in [4.78, 5) is 25.0. The zero-order chi connectivity index (χ0) is 17.2. The van der Waals surface area contributed by atoms with E-state index in [1.54, 1.807) is 4.90 Å². The molecule has 6 heteroatoms. The quantitative estimate of drug-likeness (QED) is 0.875. The molecule has 0 bridgehead atoms. The minimum absolute atomic E-state index is 0.0355. The number of amides is 2. The molecule has 1 atom stereocenters. The zero-order valence-electron chi connectivity index (χ0n) is 13.6. The number of urea groups is 1. The number of carboxylic acid groups (broad SMARTS) is 1. The molecular formula is C18H23ClN2O3. The average Bonchev–Trinajstić information content (AvgIpc) is 3.23. The Balaban J connectivity index is 1.64. The number of carbonyl (C=O) groups is 2. The van der Waals surface area contributed by atoms with Gasteiger partial charge in [-0.25, -0.2) is 4.79 Å². The van der Waals surface area contributed by atoms with Crippen molar-refractivity contribution in [2.75, 3.05) is 19.6 Å². The van der Waals surface area contributed by atoms with Gasteiger partial charge in [0, 0.05) is 30.1 Å². The van der Waals surface area contributed by atoms with E-state index in [1.165, 1.54) is 5.56 Å². The number of aliphatic carboxylic acids is 1. The minimum Gasteiger partial charge on any atom is -0.481 e. The molecule has 24 heavy (non-hydrogen) atoms. The van der Waals surface area contributed by atoms with E-state index in [0.29, 0.717) is 31.1 Å². The van der Waals surface area contributed by atoms with Crippen LogP contribution in [0, 0.1) is 5.92 Å². The van der Waals surface area contributed by atoms with E-state index in [0.717, 1.165) is 25.7 Å². The Morgan fingerprint density at radius 1 is 1.25 bits per heavy atom. The lowest BCUT2D eigenvalue weighted by atomic mass is 9.79. The average molecular weight is 351 g/mol. The number of benzene rings is 1. The van der Waals surface area contributed by atoms with Crippen molar-refractivity contribution in [3.8, 4) is 0 Å². The smallest absolute Gasteiger partial charge is 0.317 e. The molecule has 1 heterocycles. The van der Waals surface area contributed by atoms with Gasteiger partial charge in [0.05, 0.1) is 5.92 Å². The summed E-state index contributed by atoms with van der Waals surface area (Å²) in [7, 11) is 0. The molecule has 1 aliphatic carbocycles. The van der Waals surface area contributed by atoms with E-state index in [1.807, 2.05) is 12.1 Å². The van der Waals surface area contributed by atoms with Crippen LogP contribution in [0.5, 0.6) is 0 Å². The third-order valence-electron chi connectivity index (χ3n) is 5.42. The van der Waals surface area contributed by atoms with E-state index >= 15 is 0 Å². The topological polar surface area (TPSA) is 69.6 Å². The van der Waals surface area contributed by atoms with Gasteiger partial charge in [0.1, 0.15) is 0 Å². The number of carbonyl (C=O) groups excluding carboxylic acids is 1. The van der Waals surface area contributed by atoms with Crippen molar-refractivity contribution in [1.82, 2.24) is 10.2 Å². The van der Waals surface area contributed by atoms with Crippen LogP contribution in [0.1, 0.15) is 37.7 Å². The zero-order valence-corrected chi connectivity index (χ0v) is 14.4. The fraction of sp³-hybridized carbons (Fsp3) is 0.556.